The number of nitrogens with one attached hydrogen (secondary N) is 1. The average Bonchev–Trinajstić information content (AvgIpc) is 2.53. The highest BCUT2D eigenvalue weighted by atomic mass is 16.4. The van der Waals surface area contributed by atoms with Crippen LogP contribution < -0.4 is 5.32 Å². The molecule has 1 saturated heterocycles. The number of carboxylic acid groups (broad SMARTS) is 1. The topological polar surface area (TPSA) is 69.6 Å². The van der Waals surface area contributed by atoms with Crippen LogP contribution in [0.1, 0.15) is 41.6 Å². The van der Waals surface area contributed by atoms with Gasteiger partial charge in [0.2, 0.25) is 0 Å². The average molecular weight is 288 g/mol. The third-order valence-electron chi connectivity index (χ3n) is 4.34. The largest absolute Gasteiger partial charge is 0.480 e. The Bertz CT molecular complexity index is 571. The Morgan fingerprint density at radius 1 is 1.24 bits per heavy atom. The van der Waals surface area contributed by atoms with E-state index < -0.39 is 12.0 Å². The highest BCUT2D eigenvalue weighted by Gasteiger charge is 2.32. The van der Waals surface area contributed by atoms with Crippen molar-refractivity contribution in [3.63, 3.8) is 0 Å². The number of aryl methyl sites for hydroxylation is 1. The maximum Gasteiger partial charge on any atom is 0.326 e. The lowest BCUT2D eigenvalue weighted by atomic mass is 9.98. The van der Waals surface area contributed by atoms with Crippen LogP contribution >= 0.6 is 0 Å². The van der Waals surface area contributed by atoms with Gasteiger partial charge in [0.05, 0.1) is 0 Å². The van der Waals surface area contributed by atoms with Crippen molar-refractivity contribution in [3.05, 3.63) is 29.3 Å². The lowest BCUT2D eigenvalue weighted by molar-refractivity contribution is -0.143. The number of nitrogens with zero attached hydrogens (tertiary/aromatic N) is 1. The zero-order valence-corrected chi connectivity index (χ0v) is 12.0. The van der Waals surface area contributed by atoms with Gasteiger partial charge in [-0.2, -0.15) is 0 Å². The molecule has 112 valence electrons. The van der Waals surface area contributed by atoms with Gasteiger partial charge in [-0.15, -0.1) is 0 Å². The molecule has 0 bridgehead atoms. The van der Waals surface area contributed by atoms with Gasteiger partial charge in [0.15, 0.2) is 0 Å². The zero-order valence-electron chi connectivity index (χ0n) is 12.0. The number of carboxylic acids is 1. The van der Waals surface area contributed by atoms with Crippen molar-refractivity contribution in [2.24, 2.45) is 0 Å². The summed E-state index contributed by atoms with van der Waals surface area (Å²) in [5.41, 5.74) is 2.84. The van der Waals surface area contributed by atoms with Crippen LogP contribution in [0.2, 0.25) is 0 Å². The minimum atomic E-state index is -0.900. The second-order valence-corrected chi connectivity index (χ2v) is 5.75. The number of benzene rings is 1. The Balaban J connectivity index is 1.85. The van der Waals surface area contributed by atoms with Crippen LogP contribution in [0.3, 0.4) is 0 Å². The van der Waals surface area contributed by atoms with Crippen LogP contribution in [0.25, 0.3) is 0 Å². The van der Waals surface area contributed by atoms with Gasteiger partial charge in [0.25, 0.3) is 5.91 Å². The number of anilines is 1. The minimum Gasteiger partial charge on any atom is -0.480 e. The number of hydrogen-bond donors (Lipinski definition) is 2. The van der Waals surface area contributed by atoms with Crippen LogP contribution in [0.15, 0.2) is 18.2 Å². The lowest BCUT2D eigenvalue weighted by Crippen LogP contribution is -2.48. The van der Waals surface area contributed by atoms with E-state index in [0.29, 0.717) is 18.5 Å². The van der Waals surface area contributed by atoms with Crippen molar-refractivity contribution in [2.75, 3.05) is 18.4 Å². The molecule has 0 radical (unpaired) electrons. The number of fused-ring (bicyclic) bond motifs is 1. The molecule has 2 N–H and O–H groups in total. The van der Waals surface area contributed by atoms with E-state index in [-0.39, 0.29) is 5.91 Å². The first kappa shape index (κ1) is 13.9. The van der Waals surface area contributed by atoms with E-state index in [0.717, 1.165) is 43.5 Å². The molecular formula is C16H20N2O3. The standard InChI is InChI=1S/C16H20N2O3/c19-15(18-9-2-1-5-14(18)16(20)21)12-6-7-13-11(10-12)4-3-8-17-13/h6-7,10,14,17H,1-5,8-9H2,(H,20,21)/t14-/m1/s1. The Morgan fingerprint density at radius 2 is 2.10 bits per heavy atom. The van der Waals surface area contributed by atoms with Crippen LogP contribution in [0.4, 0.5) is 5.69 Å². The number of aliphatic carboxylic acids is 1. The number of hydrogen-bond acceptors (Lipinski definition) is 3. The number of rotatable bonds is 2. The second-order valence-electron chi connectivity index (χ2n) is 5.75. The first-order valence-electron chi connectivity index (χ1n) is 7.57. The van der Waals surface area contributed by atoms with Gasteiger partial charge in [-0.3, -0.25) is 4.79 Å². The van der Waals surface area contributed by atoms with Gasteiger partial charge in [0, 0.05) is 24.3 Å². The van der Waals surface area contributed by atoms with Gasteiger partial charge < -0.3 is 15.3 Å². The number of carbonyl (C=O) groups excluding carboxylic acids is 1. The van der Waals surface area contributed by atoms with Crippen molar-refractivity contribution in [1.82, 2.24) is 4.90 Å². The smallest absolute Gasteiger partial charge is 0.326 e. The molecule has 5 nitrogen and oxygen atoms in total. The van der Waals surface area contributed by atoms with E-state index in [2.05, 4.69) is 5.32 Å². The monoisotopic (exact) mass is 288 g/mol. The molecule has 0 spiro atoms. The van der Waals surface area contributed by atoms with Gasteiger partial charge in [-0.25, -0.2) is 4.79 Å². The minimum absolute atomic E-state index is 0.157. The molecule has 1 amide bonds. The molecule has 2 aliphatic heterocycles. The molecule has 2 heterocycles. The number of carbonyl (C=O) groups is 2. The van der Waals surface area contributed by atoms with Crippen LogP contribution in [0.5, 0.6) is 0 Å². The van der Waals surface area contributed by atoms with Gasteiger partial charge in [-0.05, 0) is 55.9 Å². The molecule has 0 unspecified atom stereocenters. The SMILES string of the molecule is O=C(O)[C@H]1CCCCN1C(=O)c1ccc2c(c1)CCCN2. The number of piperidine rings is 1. The molecule has 0 aromatic heterocycles. The van der Waals surface area contributed by atoms with Crippen molar-refractivity contribution in [1.29, 1.82) is 0 Å². The molecule has 1 aromatic rings. The quantitative estimate of drug-likeness (QED) is 0.874. The van der Waals surface area contributed by atoms with Crippen molar-refractivity contribution in [3.8, 4) is 0 Å². The van der Waals surface area contributed by atoms with E-state index in [1.807, 2.05) is 12.1 Å². The summed E-state index contributed by atoms with van der Waals surface area (Å²) in [6.45, 7) is 1.50. The summed E-state index contributed by atoms with van der Waals surface area (Å²) >= 11 is 0. The second kappa shape index (κ2) is 5.76. The Hall–Kier alpha value is -2.04. The van der Waals surface area contributed by atoms with Gasteiger partial charge in [-0.1, -0.05) is 0 Å². The van der Waals surface area contributed by atoms with Crippen molar-refractivity contribution >= 4 is 17.6 Å². The summed E-state index contributed by atoms with van der Waals surface area (Å²) in [4.78, 5) is 25.5. The molecule has 1 fully saturated rings. The van der Waals surface area contributed by atoms with Crippen molar-refractivity contribution < 1.29 is 14.7 Å². The fourth-order valence-electron chi connectivity index (χ4n) is 3.21. The Labute approximate surface area is 123 Å². The van der Waals surface area contributed by atoms with Crippen LogP contribution in [0, 0.1) is 0 Å². The number of amides is 1. The molecule has 1 atom stereocenters. The predicted molar refractivity (Wildman–Crippen MR) is 79.6 cm³/mol. The van der Waals surface area contributed by atoms with E-state index in [4.69, 9.17) is 0 Å². The van der Waals surface area contributed by atoms with Gasteiger partial charge >= 0.3 is 5.97 Å². The molecule has 21 heavy (non-hydrogen) atoms. The highest BCUT2D eigenvalue weighted by molar-refractivity contribution is 5.97. The fourth-order valence-corrected chi connectivity index (χ4v) is 3.21. The van der Waals surface area contributed by atoms with E-state index >= 15 is 0 Å². The first-order valence-corrected chi connectivity index (χ1v) is 7.57. The number of likely N-dealkylation sites (tertiary alicyclic amines) is 1. The third kappa shape index (κ3) is 2.73. The summed E-state index contributed by atoms with van der Waals surface area (Å²) in [5.74, 6) is -1.06. The van der Waals surface area contributed by atoms with E-state index in [1.54, 1.807) is 6.07 Å². The highest BCUT2D eigenvalue weighted by Crippen LogP contribution is 2.25. The molecule has 0 saturated carbocycles. The lowest BCUT2D eigenvalue weighted by Gasteiger charge is -2.33. The molecule has 0 aliphatic carbocycles. The Morgan fingerprint density at radius 3 is 2.90 bits per heavy atom. The normalized spacial score (nSPS) is 21.3. The van der Waals surface area contributed by atoms with Crippen LogP contribution in [-0.2, 0) is 11.2 Å². The van der Waals surface area contributed by atoms with Gasteiger partial charge in [0.1, 0.15) is 6.04 Å². The summed E-state index contributed by atoms with van der Waals surface area (Å²) in [6, 6.07) is 4.96. The maximum absolute atomic E-state index is 12.6. The maximum atomic E-state index is 12.6. The van der Waals surface area contributed by atoms with Crippen molar-refractivity contribution in [2.45, 2.75) is 38.1 Å². The molecular weight excluding hydrogens is 268 g/mol. The molecule has 3 rings (SSSR count). The predicted octanol–water partition coefficient (Wildman–Crippen LogP) is 2.12. The fraction of sp³-hybridized carbons (Fsp3) is 0.500. The van der Waals surface area contributed by atoms with Crippen LogP contribution in [-0.4, -0.2) is 41.0 Å². The van der Waals surface area contributed by atoms with E-state index in [9.17, 15) is 14.7 Å². The molecule has 5 heteroatoms. The summed E-state index contributed by atoms with van der Waals surface area (Å²) in [7, 11) is 0. The van der Waals surface area contributed by atoms with E-state index in [1.165, 1.54) is 4.90 Å². The Kier molecular flexibility index (Phi) is 3.82. The third-order valence-corrected chi connectivity index (χ3v) is 4.34. The molecule has 2 aliphatic rings. The summed E-state index contributed by atoms with van der Waals surface area (Å²) in [6.07, 6.45) is 4.32. The first-order chi connectivity index (χ1) is 10.2. The summed E-state index contributed by atoms with van der Waals surface area (Å²) in [5, 5.41) is 12.6. The molecule has 1 aromatic carbocycles. The summed E-state index contributed by atoms with van der Waals surface area (Å²) < 4.78 is 0. The zero-order chi connectivity index (χ0) is 14.8.